The molecule has 1 fully saturated rings. The molecule has 1 atom stereocenters. The number of rotatable bonds is 5. The van der Waals surface area contributed by atoms with E-state index in [1.54, 1.807) is 30.6 Å². The number of pyridine rings is 1. The minimum atomic E-state index is -3.56. The van der Waals surface area contributed by atoms with Crippen LogP contribution in [0.4, 0.5) is 0 Å². The van der Waals surface area contributed by atoms with Gasteiger partial charge in [-0.2, -0.15) is 0 Å². The SMILES string of the molecule is CC(CNS(=O)(=O)c1cccc2cnccc12)N1CCOCC1. The third kappa shape index (κ3) is 3.69. The number of hydrogen-bond acceptors (Lipinski definition) is 5. The second-order valence-corrected chi connectivity index (χ2v) is 7.44. The number of fused-ring (bicyclic) bond motifs is 1. The quantitative estimate of drug-likeness (QED) is 0.890. The number of nitrogens with one attached hydrogen (secondary N) is 1. The minimum absolute atomic E-state index is 0.130. The molecule has 2 aromatic rings. The Labute approximate surface area is 136 Å². The minimum Gasteiger partial charge on any atom is -0.379 e. The molecule has 1 saturated heterocycles. The number of morpholine rings is 1. The van der Waals surface area contributed by atoms with Crippen molar-refractivity contribution in [2.24, 2.45) is 0 Å². The topological polar surface area (TPSA) is 71.5 Å². The van der Waals surface area contributed by atoms with Gasteiger partial charge in [-0.05, 0) is 19.1 Å². The van der Waals surface area contributed by atoms with E-state index in [2.05, 4.69) is 14.6 Å². The molecule has 0 saturated carbocycles. The molecule has 1 aromatic heterocycles. The van der Waals surface area contributed by atoms with Crippen LogP contribution in [-0.4, -0.2) is 57.2 Å². The van der Waals surface area contributed by atoms with E-state index in [1.807, 2.05) is 13.0 Å². The Morgan fingerprint density at radius 2 is 2.09 bits per heavy atom. The van der Waals surface area contributed by atoms with Crippen LogP contribution in [0.2, 0.25) is 0 Å². The number of benzene rings is 1. The monoisotopic (exact) mass is 335 g/mol. The first kappa shape index (κ1) is 16.3. The lowest BCUT2D eigenvalue weighted by Gasteiger charge is -2.32. The first-order valence-electron chi connectivity index (χ1n) is 7.72. The zero-order chi connectivity index (χ0) is 16.3. The van der Waals surface area contributed by atoms with E-state index in [0.29, 0.717) is 30.0 Å². The van der Waals surface area contributed by atoms with Crippen molar-refractivity contribution >= 4 is 20.8 Å². The molecule has 0 aliphatic carbocycles. The van der Waals surface area contributed by atoms with Crippen molar-refractivity contribution < 1.29 is 13.2 Å². The predicted molar refractivity (Wildman–Crippen MR) is 88.8 cm³/mol. The van der Waals surface area contributed by atoms with Gasteiger partial charge in [0, 0.05) is 48.8 Å². The molecular formula is C16H21N3O3S. The molecule has 3 rings (SSSR count). The molecule has 6 nitrogen and oxygen atoms in total. The van der Waals surface area contributed by atoms with Gasteiger partial charge in [0.05, 0.1) is 18.1 Å². The maximum Gasteiger partial charge on any atom is 0.241 e. The fourth-order valence-corrected chi connectivity index (χ4v) is 4.13. The molecule has 0 spiro atoms. The average Bonchev–Trinajstić information content (AvgIpc) is 2.60. The van der Waals surface area contributed by atoms with E-state index in [-0.39, 0.29) is 6.04 Å². The number of sulfonamides is 1. The van der Waals surface area contributed by atoms with Gasteiger partial charge in [0.15, 0.2) is 0 Å². The highest BCUT2D eigenvalue weighted by Crippen LogP contribution is 2.21. The molecular weight excluding hydrogens is 314 g/mol. The first-order valence-corrected chi connectivity index (χ1v) is 9.20. The fraction of sp³-hybridized carbons (Fsp3) is 0.438. The van der Waals surface area contributed by atoms with E-state index in [9.17, 15) is 8.42 Å². The molecule has 0 bridgehead atoms. The maximum atomic E-state index is 12.7. The van der Waals surface area contributed by atoms with Crippen molar-refractivity contribution in [2.75, 3.05) is 32.8 Å². The summed E-state index contributed by atoms with van der Waals surface area (Å²) in [6.45, 7) is 5.48. The average molecular weight is 335 g/mol. The molecule has 0 amide bonds. The van der Waals surface area contributed by atoms with Crippen LogP contribution in [0.1, 0.15) is 6.92 Å². The van der Waals surface area contributed by atoms with Crippen molar-refractivity contribution in [1.29, 1.82) is 0 Å². The summed E-state index contributed by atoms with van der Waals surface area (Å²) in [5.41, 5.74) is 0. The third-order valence-corrected chi connectivity index (χ3v) is 5.65. The highest BCUT2D eigenvalue weighted by atomic mass is 32.2. The molecule has 7 heteroatoms. The summed E-state index contributed by atoms with van der Waals surface area (Å²) < 4.78 is 33.4. The van der Waals surface area contributed by atoms with E-state index >= 15 is 0 Å². The van der Waals surface area contributed by atoms with Gasteiger partial charge in [-0.15, -0.1) is 0 Å². The van der Waals surface area contributed by atoms with Gasteiger partial charge >= 0.3 is 0 Å². The van der Waals surface area contributed by atoms with E-state index in [0.717, 1.165) is 18.5 Å². The van der Waals surface area contributed by atoms with Crippen LogP contribution < -0.4 is 4.72 Å². The van der Waals surface area contributed by atoms with E-state index < -0.39 is 10.0 Å². The molecule has 23 heavy (non-hydrogen) atoms. The highest BCUT2D eigenvalue weighted by Gasteiger charge is 2.21. The Morgan fingerprint density at radius 1 is 1.30 bits per heavy atom. The Morgan fingerprint density at radius 3 is 2.87 bits per heavy atom. The van der Waals surface area contributed by atoms with Crippen molar-refractivity contribution in [1.82, 2.24) is 14.6 Å². The number of nitrogens with zero attached hydrogens (tertiary/aromatic N) is 2. The molecule has 124 valence electrons. The van der Waals surface area contributed by atoms with Gasteiger partial charge in [-0.1, -0.05) is 12.1 Å². The van der Waals surface area contributed by atoms with Gasteiger partial charge in [0.2, 0.25) is 10.0 Å². The molecule has 2 heterocycles. The predicted octanol–water partition coefficient (Wildman–Crippen LogP) is 1.23. The molecule has 0 radical (unpaired) electrons. The van der Waals surface area contributed by atoms with Gasteiger partial charge in [-0.3, -0.25) is 9.88 Å². The number of ether oxygens (including phenoxy) is 1. The van der Waals surface area contributed by atoms with Crippen LogP contribution in [0.25, 0.3) is 10.8 Å². The van der Waals surface area contributed by atoms with Gasteiger partial charge in [0.1, 0.15) is 0 Å². The fourth-order valence-electron chi connectivity index (χ4n) is 2.78. The Kier molecular flexibility index (Phi) is 4.91. The Hall–Kier alpha value is -1.54. The van der Waals surface area contributed by atoms with E-state index in [4.69, 9.17) is 4.74 Å². The summed E-state index contributed by atoms with van der Waals surface area (Å²) >= 11 is 0. The summed E-state index contributed by atoms with van der Waals surface area (Å²) in [5.74, 6) is 0. The van der Waals surface area contributed by atoms with Crippen LogP contribution in [0.15, 0.2) is 41.6 Å². The van der Waals surface area contributed by atoms with Crippen molar-refractivity contribution in [3.63, 3.8) is 0 Å². The molecule has 1 unspecified atom stereocenters. The lowest BCUT2D eigenvalue weighted by atomic mass is 10.2. The van der Waals surface area contributed by atoms with Gasteiger partial charge in [0.25, 0.3) is 0 Å². The lowest BCUT2D eigenvalue weighted by Crippen LogP contribution is -2.47. The third-order valence-electron chi connectivity index (χ3n) is 4.17. The second kappa shape index (κ2) is 6.92. The molecule has 1 aliphatic rings. The molecule has 1 N–H and O–H groups in total. The highest BCUT2D eigenvalue weighted by molar-refractivity contribution is 7.89. The second-order valence-electron chi connectivity index (χ2n) is 5.70. The first-order chi connectivity index (χ1) is 11.1. The van der Waals surface area contributed by atoms with Crippen molar-refractivity contribution in [3.05, 3.63) is 36.7 Å². The zero-order valence-corrected chi connectivity index (χ0v) is 13.9. The standard InChI is InChI=1S/C16H21N3O3S/c1-13(19-7-9-22-10-8-19)11-18-23(20,21)16-4-2-3-14-12-17-6-5-15(14)16/h2-6,12-13,18H,7-11H2,1H3. The number of hydrogen-bond donors (Lipinski definition) is 1. The van der Waals surface area contributed by atoms with Crippen LogP contribution in [0, 0.1) is 0 Å². The molecule has 1 aromatic carbocycles. The summed E-state index contributed by atoms with van der Waals surface area (Å²) in [6, 6.07) is 7.09. The summed E-state index contributed by atoms with van der Waals surface area (Å²) in [4.78, 5) is 6.57. The van der Waals surface area contributed by atoms with Crippen LogP contribution in [-0.2, 0) is 14.8 Å². The maximum absolute atomic E-state index is 12.7. The normalized spacial score (nSPS) is 18.1. The van der Waals surface area contributed by atoms with Crippen LogP contribution in [0.5, 0.6) is 0 Å². The smallest absolute Gasteiger partial charge is 0.241 e. The van der Waals surface area contributed by atoms with Crippen molar-refractivity contribution in [2.45, 2.75) is 17.9 Å². The van der Waals surface area contributed by atoms with Crippen molar-refractivity contribution in [3.8, 4) is 0 Å². The van der Waals surface area contributed by atoms with Crippen LogP contribution in [0.3, 0.4) is 0 Å². The van der Waals surface area contributed by atoms with Crippen LogP contribution >= 0.6 is 0 Å². The number of aromatic nitrogens is 1. The van der Waals surface area contributed by atoms with Gasteiger partial charge < -0.3 is 4.74 Å². The summed E-state index contributed by atoms with van der Waals surface area (Å²) in [6.07, 6.45) is 3.28. The van der Waals surface area contributed by atoms with E-state index in [1.165, 1.54) is 0 Å². The summed E-state index contributed by atoms with van der Waals surface area (Å²) in [5, 5.41) is 1.51. The lowest BCUT2D eigenvalue weighted by molar-refractivity contribution is 0.0213. The zero-order valence-electron chi connectivity index (χ0n) is 13.1. The Balaban J connectivity index is 1.75. The Bertz CT molecular complexity index is 768. The largest absolute Gasteiger partial charge is 0.379 e. The van der Waals surface area contributed by atoms with Gasteiger partial charge in [-0.25, -0.2) is 13.1 Å². The molecule has 1 aliphatic heterocycles. The summed E-state index contributed by atoms with van der Waals surface area (Å²) in [7, 11) is -3.56.